The molecule has 0 bridgehead atoms. The number of nitrogens with zero attached hydrogens (tertiary/aromatic N) is 4. The van der Waals surface area contributed by atoms with Gasteiger partial charge in [-0.15, -0.1) is 0 Å². The fourth-order valence-electron chi connectivity index (χ4n) is 3.90. The molecule has 0 atom stereocenters. The van der Waals surface area contributed by atoms with E-state index in [0.29, 0.717) is 12.2 Å². The van der Waals surface area contributed by atoms with Crippen LogP contribution in [0.2, 0.25) is 0 Å². The summed E-state index contributed by atoms with van der Waals surface area (Å²) >= 11 is 0. The Morgan fingerprint density at radius 2 is 1.44 bits per heavy atom. The van der Waals surface area contributed by atoms with E-state index in [2.05, 4.69) is 61.7 Å². The first-order valence-electron chi connectivity index (χ1n) is 10.8. The topological polar surface area (TPSA) is 52.8 Å². The number of rotatable bonds is 4. The Hall–Kier alpha value is -3.73. The van der Waals surface area contributed by atoms with Gasteiger partial charge in [-0.05, 0) is 40.8 Å². The van der Waals surface area contributed by atoms with Crippen molar-refractivity contribution in [3.63, 3.8) is 0 Å². The Balaban J connectivity index is 1.67. The molecule has 0 radical (unpaired) electrons. The lowest BCUT2D eigenvalue weighted by Crippen LogP contribution is -2.10. The third-order valence-electron chi connectivity index (χ3n) is 5.77. The second-order valence-electron chi connectivity index (χ2n) is 9.06. The molecule has 3 aromatic carbocycles. The highest BCUT2D eigenvalue weighted by molar-refractivity contribution is 5.85. The summed E-state index contributed by atoms with van der Waals surface area (Å²) in [5.41, 5.74) is 6.75. The Labute approximate surface area is 187 Å². The molecule has 0 aliphatic heterocycles. The van der Waals surface area contributed by atoms with Gasteiger partial charge in [0, 0.05) is 5.56 Å². The second-order valence-corrected chi connectivity index (χ2v) is 9.06. The number of benzene rings is 3. The zero-order valence-electron chi connectivity index (χ0n) is 18.8. The molecule has 5 aromatic rings. The maximum absolute atomic E-state index is 5.31. The lowest BCUT2D eigenvalue weighted by atomic mass is 9.87. The van der Waals surface area contributed by atoms with Crippen molar-refractivity contribution in [2.24, 2.45) is 0 Å². The standard InChI is InChI=1S/C27H26N4O/c1-27(2,3)20-13-11-19(12-14-20)25-30-24-26(29-23-8-6-5-7-22(23)28-24)31(25)17-18-9-15-21(32-4)16-10-18/h5-16H,17H2,1-4H3. The number of methoxy groups -OCH3 is 1. The summed E-state index contributed by atoms with van der Waals surface area (Å²) in [5.74, 6) is 1.71. The molecule has 5 nitrogen and oxygen atoms in total. The van der Waals surface area contributed by atoms with Crippen LogP contribution in [0.25, 0.3) is 33.7 Å². The van der Waals surface area contributed by atoms with E-state index in [-0.39, 0.29) is 5.41 Å². The van der Waals surface area contributed by atoms with E-state index in [1.807, 2.05) is 36.4 Å². The van der Waals surface area contributed by atoms with E-state index in [9.17, 15) is 0 Å². The average Bonchev–Trinajstić information content (AvgIpc) is 3.14. The van der Waals surface area contributed by atoms with Gasteiger partial charge in [-0.2, -0.15) is 0 Å². The number of ether oxygens (including phenoxy) is 1. The Morgan fingerprint density at radius 1 is 0.781 bits per heavy atom. The zero-order chi connectivity index (χ0) is 22.3. The van der Waals surface area contributed by atoms with Crippen LogP contribution in [-0.4, -0.2) is 26.6 Å². The molecule has 0 saturated heterocycles. The van der Waals surface area contributed by atoms with Gasteiger partial charge in [0.2, 0.25) is 0 Å². The molecule has 0 saturated carbocycles. The number of para-hydroxylation sites is 2. The van der Waals surface area contributed by atoms with Gasteiger partial charge in [-0.25, -0.2) is 15.0 Å². The molecule has 0 N–H and O–H groups in total. The molecule has 2 heterocycles. The number of hydrogen-bond acceptors (Lipinski definition) is 4. The molecule has 5 heteroatoms. The van der Waals surface area contributed by atoms with Crippen LogP contribution < -0.4 is 4.74 Å². The number of aromatic nitrogens is 4. The fraction of sp³-hybridized carbons (Fsp3) is 0.222. The van der Waals surface area contributed by atoms with Gasteiger partial charge >= 0.3 is 0 Å². The Kier molecular flexibility index (Phi) is 4.89. The lowest BCUT2D eigenvalue weighted by Gasteiger charge is -2.19. The van der Waals surface area contributed by atoms with Gasteiger partial charge in [0.15, 0.2) is 11.3 Å². The van der Waals surface area contributed by atoms with Crippen molar-refractivity contribution in [1.82, 2.24) is 19.5 Å². The molecule has 0 spiro atoms. The van der Waals surface area contributed by atoms with Gasteiger partial charge < -0.3 is 9.30 Å². The van der Waals surface area contributed by atoms with Crippen molar-refractivity contribution >= 4 is 22.3 Å². The SMILES string of the molecule is COc1ccc(Cn2c(-c3ccc(C(C)(C)C)cc3)nc3nc4ccccc4nc32)cc1. The van der Waals surface area contributed by atoms with Gasteiger partial charge in [0.1, 0.15) is 11.6 Å². The summed E-state index contributed by atoms with van der Waals surface area (Å²) in [4.78, 5) is 14.6. The van der Waals surface area contributed by atoms with E-state index in [0.717, 1.165) is 39.4 Å². The third kappa shape index (κ3) is 3.71. The first-order valence-corrected chi connectivity index (χ1v) is 10.8. The van der Waals surface area contributed by atoms with Crippen LogP contribution in [0.1, 0.15) is 31.9 Å². The minimum absolute atomic E-state index is 0.0998. The smallest absolute Gasteiger partial charge is 0.198 e. The predicted octanol–water partition coefficient (Wildman–Crippen LogP) is 6.00. The molecule has 2 aromatic heterocycles. The first-order chi connectivity index (χ1) is 15.4. The monoisotopic (exact) mass is 422 g/mol. The Morgan fingerprint density at radius 3 is 2.06 bits per heavy atom. The van der Waals surface area contributed by atoms with E-state index in [1.165, 1.54) is 5.56 Å². The van der Waals surface area contributed by atoms with Gasteiger partial charge in [-0.3, -0.25) is 0 Å². The quantitative estimate of drug-likeness (QED) is 0.356. The molecular formula is C27H26N4O. The summed E-state index contributed by atoms with van der Waals surface area (Å²) in [6.45, 7) is 7.31. The number of imidazole rings is 1. The average molecular weight is 423 g/mol. The summed E-state index contributed by atoms with van der Waals surface area (Å²) in [6, 6.07) is 24.7. The van der Waals surface area contributed by atoms with Gasteiger partial charge in [-0.1, -0.05) is 69.3 Å². The van der Waals surface area contributed by atoms with E-state index in [4.69, 9.17) is 19.7 Å². The van der Waals surface area contributed by atoms with Gasteiger partial charge in [0.25, 0.3) is 0 Å². The van der Waals surface area contributed by atoms with E-state index in [1.54, 1.807) is 7.11 Å². The molecule has 160 valence electrons. The molecule has 0 aliphatic carbocycles. The van der Waals surface area contributed by atoms with E-state index < -0.39 is 0 Å². The van der Waals surface area contributed by atoms with Crippen molar-refractivity contribution in [3.8, 4) is 17.1 Å². The Bertz CT molecular complexity index is 1390. The van der Waals surface area contributed by atoms with Crippen molar-refractivity contribution in [2.75, 3.05) is 7.11 Å². The van der Waals surface area contributed by atoms with Crippen LogP contribution in [-0.2, 0) is 12.0 Å². The molecule has 0 amide bonds. The highest BCUT2D eigenvalue weighted by Crippen LogP contribution is 2.29. The number of fused-ring (bicyclic) bond motifs is 2. The normalized spacial score (nSPS) is 11.9. The first kappa shape index (κ1) is 20.2. The van der Waals surface area contributed by atoms with Crippen molar-refractivity contribution in [3.05, 3.63) is 83.9 Å². The molecule has 5 rings (SSSR count). The molecule has 0 unspecified atom stereocenters. The minimum Gasteiger partial charge on any atom is -0.497 e. The summed E-state index contributed by atoms with van der Waals surface area (Å²) in [6.07, 6.45) is 0. The largest absolute Gasteiger partial charge is 0.497 e. The van der Waals surface area contributed by atoms with Crippen molar-refractivity contribution < 1.29 is 4.74 Å². The molecule has 0 fully saturated rings. The van der Waals surface area contributed by atoms with Crippen molar-refractivity contribution in [1.29, 1.82) is 0 Å². The fourth-order valence-corrected chi connectivity index (χ4v) is 3.90. The minimum atomic E-state index is 0.0998. The third-order valence-corrected chi connectivity index (χ3v) is 5.77. The second kappa shape index (κ2) is 7.75. The predicted molar refractivity (Wildman–Crippen MR) is 129 cm³/mol. The number of hydrogen-bond donors (Lipinski definition) is 0. The van der Waals surface area contributed by atoms with Crippen LogP contribution in [0.15, 0.2) is 72.8 Å². The van der Waals surface area contributed by atoms with Crippen LogP contribution in [0.3, 0.4) is 0 Å². The van der Waals surface area contributed by atoms with Crippen LogP contribution in [0, 0.1) is 0 Å². The summed E-state index contributed by atoms with van der Waals surface area (Å²) in [7, 11) is 1.68. The lowest BCUT2D eigenvalue weighted by molar-refractivity contribution is 0.414. The molecule has 0 aliphatic rings. The zero-order valence-corrected chi connectivity index (χ0v) is 18.8. The summed E-state index contributed by atoms with van der Waals surface area (Å²) < 4.78 is 7.47. The van der Waals surface area contributed by atoms with Crippen LogP contribution >= 0.6 is 0 Å². The van der Waals surface area contributed by atoms with Crippen LogP contribution in [0.4, 0.5) is 0 Å². The van der Waals surface area contributed by atoms with Gasteiger partial charge in [0.05, 0.1) is 24.7 Å². The maximum Gasteiger partial charge on any atom is 0.198 e. The highest BCUT2D eigenvalue weighted by Gasteiger charge is 2.18. The maximum atomic E-state index is 5.31. The van der Waals surface area contributed by atoms with Crippen LogP contribution in [0.5, 0.6) is 5.75 Å². The molecular weight excluding hydrogens is 396 g/mol. The van der Waals surface area contributed by atoms with Crippen molar-refractivity contribution in [2.45, 2.75) is 32.7 Å². The van der Waals surface area contributed by atoms with E-state index >= 15 is 0 Å². The highest BCUT2D eigenvalue weighted by atomic mass is 16.5. The molecule has 32 heavy (non-hydrogen) atoms. The summed E-state index contributed by atoms with van der Waals surface area (Å²) in [5, 5.41) is 0.